The molecule has 156 valence electrons. The fraction of sp³-hybridized carbons (Fsp3) is 0.227. The molecule has 1 heterocycles. The Bertz CT molecular complexity index is 1040. The molecular weight excluding hydrogens is 450 g/mol. The highest BCUT2D eigenvalue weighted by Crippen LogP contribution is 2.37. The van der Waals surface area contributed by atoms with Gasteiger partial charge in [-0.25, -0.2) is 19.2 Å². The van der Waals surface area contributed by atoms with E-state index in [0.717, 1.165) is 0 Å². The van der Waals surface area contributed by atoms with Crippen molar-refractivity contribution in [1.82, 2.24) is 9.78 Å². The molecule has 0 unspecified atom stereocenters. The van der Waals surface area contributed by atoms with Crippen LogP contribution in [0.25, 0.3) is 5.69 Å². The molecule has 0 atom stereocenters. The molecule has 0 aliphatic rings. The van der Waals surface area contributed by atoms with E-state index in [-0.39, 0.29) is 5.69 Å². The number of amides is 1. The van der Waals surface area contributed by atoms with Gasteiger partial charge < -0.3 is 9.47 Å². The number of methoxy groups -OCH3 is 1. The van der Waals surface area contributed by atoms with Crippen LogP contribution in [-0.4, -0.2) is 34.6 Å². The summed E-state index contributed by atoms with van der Waals surface area (Å²) < 4.78 is 12.3. The molecule has 0 radical (unpaired) electrons. The molecule has 0 aliphatic heterocycles. The van der Waals surface area contributed by atoms with Crippen molar-refractivity contribution in [3.63, 3.8) is 0 Å². The monoisotopic (exact) mass is 471 g/mol. The minimum Gasteiger partial charge on any atom is -0.464 e. The van der Waals surface area contributed by atoms with Crippen LogP contribution in [0.4, 0.5) is 16.3 Å². The Kier molecular flexibility index (Phi) is 6.26. The molecule has 0 bridgehead atoms. The zero-order chi connectivity index (χ0) is 21.9. The van der Waals surface area contributed by atoms with Gasteiger partial charge in [0.15, 0.2) is 11.5 Å². The molecule has 1 aromatic heterocycles. The molecular formula is C22H22BrN3O4. The number of esters is 1. The predicted octanol–water partition coefficient (Wildman–Crippen LogP) is 5.49. The van der Waals surface area contributed by atoms with Gasteiger partial charge >= 0.3 is 12.1 Å². The topological polar surface area (TPSA) is 73.7 Å². The van der Waals surface area contributed by atoms with E-state index in [4.69, 9.17) is 9.47 Å². The standard InChI is InChI=1S/C22H22BrN3O4/c1-22(2,3)30-21(28)25(15-11-7-5-8-12-15)19-17(23)18(20(27)29-4)24-26(19)16-13-9-6-10-14-16/h5-14H,1-4H3. The summed E-state index contributed by atoms with van der Waals surface area (Å²) in [6, 6.07) is 18.2. The number of aromatic nitrogens is 2. The Morgan fingerprint density at radius 2 is 1.57 bits per heavy atom. The SMILES string of the molecule is COC(=O)c1nn(-c2ccccc2)c(N(C(=O)OC(C)(C)C)c2ccccc2)c1Br. The molecule has 0 aliphatic carbocycles. The lowest BCUT2D eigenvalue weighted by molar-refractivity contribution is 0.0583. The molecule has 0 saturated heterocycles. The van der Waals surface area contributed by atoms with Crippen molar-refractivity contribution in [2.75, 3.05) is 12.0 Å². The lowest BCUT2D eigenvalue weighted by atomic mass is 10.2. The Morgan fingerprint density at radius 3 is 2.10 bits per heavy atom. The van der Waals surface area contributed by atoms with E-state index in [1.54, 1.807) is 32.9 Å². The second-order valence-corrected chi connectivity index (χ2v) is 8.17. The first-order chi connectivity index (χ1) is 14.2. The minimum atomic E-state index is -0.723. The molecule has 0 spiro atoms. The fourth-order valence-electron chi connectivity index (χ4n) is 2.76. The molecule has 8 heteroatoms. The summed E-state index contributed by atoms with van der Waals surface area (Å²) in [7, 11) is 1.28. The first-order valence-electron chi connectivity index (χ1n) is 9.23. The van der Waals surface area contributed by atoms with E-state index in [1.165, 1.54) is 16.7 Å². The number of carbonyl (C=O) groups is 2. The van der Waals surface area contributed by atoms with Crippen molar-refractivity contribution in [2.45, 2.75) is 26.4 Å². The van der Waals surface area contributed by atoms with Crippen molar-refractivity contribution in [3.05, 3.63) is 70.8 Å². The number of rotatable bonds is 4. The Morgan fingerprint density at radius 1 is 1.00 bits per heavy atom. The van der Waals surface area contributed by atoms with Gasteiger partial charge in [-0.05, 0) is 61.0 Å². The second-order valence-electron chi connectivity index (χ2n) is 7.38. The number of hydrogen-bond acceptors (Lipinski definition) is 5. The van der Waals surface area contributed by atoms with Crippen molar-refractivity contribution in [2.24, 2.45) is 0 Å². The third-order valence-electron chi connectivity index (χ3n) is 3.99. The van der Waals surface area contributed by atoms with E-state index in [1.807, 2.05) is 48.5 Å². The van der Waals surface area contributed by atoms with E-state index in [2.05, 4.69) is 21.0 Å². The van der Waals surface area contributed by atoms with Crippen molar-refractivity contribution in [1.29, 1.82) is 0 Å². The quantitative estimate of drug-likeness (QED) is 0.470. The van der Waals surface area contributed by atoms with Crippen LogP contribution >= 0.6 is 15.9 Å². The number of ether oxygens (including phenoxy) is 2. The third-order valence-corrected chi connectivity index (χ3v) is 4.72. The van der Waals surface area contributed by atoms with Crippen LogP contribution in [0, 0.1) is 0 Å². The molecule has 7 nitrogen and oxygen atoms in total. The Labute approximate surface area is 183 Å². The molecule has 0 fully saturated rings. The van der Waals surface area contributed by atoms with Gasteiger partial charge in [0.1, 0.15) is 5.60 Å². The van der Waals surface area contributed by atoms with E-state index >= 15 is 0 Å². The molecule has 30 heavy (non-hydrogen) atoms. The molecule has 0 N–H and O–H groups in total. The van der Waals surface area contributed by atoms with Gasteiger partial charge in [0.05, 0.1) is 23.0 Å². The van der Waals surface area contributed by atoms with Crippen LogP contribution in [0.2, 0.25) is 0 Å². The van der Waals surface area contributed by atoms with Crippen LogP contribution in [0.3, 0.4) is 0 Å². The smallest absolute Gasteiger partial charge is 0.420 e. The van der Waals surface area contributed by atoms with Crippen LogP contribution in [0.1, 0.15) is 31.3 Å². The number of halogens is 1. The molecule has 3 rings (SSSR count). The zero-order valence-electron chi connectivity index (χ0n) is 17.1. The largest absolute Gasteiger partial charge is 0.464 e. The number of carbonyl (C=O) groups excluding carboxylic acids is 2. The highest BCUT2D eigenvalue weighted by atomic mass is 79.9. The summed E-state index contributed by atoms with van der Waals surface area (Å²) in [5.41, 5.74) is 0.536. The maximum absolute atomic E-state index is 13.3. The first-order valence-corrected chi connectivity index (χ1v) is 10.0. The average molecular weight is 472 g/mol. The predicted molar refractivity (Wildman–Crippen MR) is 117 cm³/mol. The molecule has 0 saturated carbocycles. The number of anilines is 2. The number of para-hydroxylation sites is 2. The van der Waals surface area contributed by atoms with Gasteiger partial charge in [0, 0.05) is 0 Å². The van der Waals surface area contributed by atoms with Gasteiger partial charge in [-0.2, -0.15) is 5.10 Å². The third kappa shape index (κ3) is 4.54. The van der Waals surface area contributed by atoms with Gasteiger partial charge in [-0.3, -0.25) is 0 Å². The fourth-order valence-corrected chi connectivity index (χ4v) is 3.34. The van der Waals surface area contributed by atoms with Crippen LogP contribution in [0.5, 0.6) is 0 Å². The van der Waals surface area contributed by atoms with Crippen LogP contribution in [0.15, 0.2) is 65.1 Å². The molecule has 3 aromatic rings. The Balaban J connectivity index is 2.28. The average Bonchev–Trinajstić information content (AvgIpc) is 3.05. The van der Waals surface area contributed by atoms with Gasteiger partial charge in [-0.1, -0.05) is 36.4 Å². The van der Waals surface area contributed by atoms with Gasteiger partial charge in [-0.15, -0.1) is 0 Å². The summed E-state index contributed by atoms with van der Waals surface area (Å²) in [6.45, 7) is 5.37. The van der Waals surface area contributed by atoms with E-state index < -0.39 is 17.7 Å². The molecule has 1 amide bonds. The summed E-state index contributed by atoms with van der Waals surface area (Å²) in [5, 5.41) is 4.42. The number of nitrogens with zero attached hydrogens (tertiary/aromatic N) is 3. The number of benzene rings is 2. The van der Waals surface area contributed by atoms with Gasteiger partial charge in [0.2, 0.25) is 0 Å². The van der Waals surface area contributed by atoms with Crippen molar-refractivity contribution >= 4 is 39.5 Å². The summed E-state index contributed by atoms with van der Waals surface area (Å²) >= 11 is 3.45. The summed E-state index contributed by atoms with van der Waals surface area (Å²) in [5.74, 6) is -0.308. The first kappa shape index (κ1) is 21.6. The van der Waals surface area contributed by atoms with E-state index in [9.17, 15) is 9.59 Å². The zero-order valence-corrected chi connectivity index (χ0v) is 18.7. The highest BCUT2D eigenvalue weighted by molar-refractivity contribution is 9.10. The van der Waals surface area contributed by atoms with E-state index in [0.29, 0.717) is 21.7 Å². The lowest BCUT2D eigenvalue weighted by Gasteiger charge is -2.28. The van der Waals surface area contributed by atoms with Gasteiger partial charge in [0.25, 0.3) is 0 Å². The lowest BCUT2D eigenvalue weighted by Crippen LogP contribution is -2.35. The van der Waals surface area contributed by atoms with Crippen LogP contribution in [-0.2, 0) is 9.47 Å². The summed E-state index contributed by atoms with van der Waals surface area (Å²) in [6.07, 6.45) is -0.608. The van der Waals surface area contributed by atoms with Crippen molar-refractivity contribution in [3.8, 4) is 5.69 Å². The Hall–Kier alpha value is -3.13. The second kappa shape index (κ2) is 8.71. The number of hydrogen-bond donors (Lipinski definition) is 0. The maximum Gasteiger partial charge on any atom is 0.420 e. The molecule has 2 aromatic carbocycles. The van der Waals surface area contributed by atoms with Crippen molar-refractivity contribution < 1.29 is 19.1 Å². The minimum absolute atomic E-state index is 0.0424. The normalized spacial score (nSPS) is 11.1. The highest BCUT2D eigenvalue weighted by Gasteiger charge is 2.33. The maximum atomic E-state index is 13.3. The summed E-state index contributed by atoms with van der Waals surface area (Å²) in [4.78, 5) is 27.0. The van der Waals surface area contributed by atoms with Crippen LogP contribution < -0.4 is 4.90 Å².